The Hall–Kier alpha value is 0.590. The van der Waals surface area contributed by atoms with Crippen molar-refractivity contribution in [3.05, 3.63) is 0 Å². The van der Waals surface area contributed by atoms with Crippen LogP contribution in [0.3, 0.4) is 0 Å². The highest BCUT2D eigenvalue weighted by atomic mass is 127. The van der Waals surface area contributed by atoms with E-state index in [1.165, 1.54) is 0 Å². The first kappa shape index (κ1) is 6.71. The van der Waals surface area contributed by atoms with Crippen LogP contribution in [0, 0.1) is 0 Å². The minimum Gasteiger partial charge on any atom is -0.244 e. The summed E-state index contributed by atoms with van der Waals surface area (Å²) in [6.07, 6.45) is -1.56. The fourth-order valence-corrected chi connectivity index (χ4v) is 1.85. The van der Waals surface area contributed by atoms with Crippen LogP contribution in [-0.2, 0) is 0 Å². The maximum Gasteiger partial charge on any atom is 0.132 e. The number of hydrogen-bond donors (Lipinski definition) is 0. The number of rotatable bonds is 0. The number of hydrogen-bond acceptors (Lipinski definition) is 0. The van der Waals surface area contributed by atoms with Crippen molar-refractivity contribution in [1.29, 1.82) is 0 Å². The van der Waals surface area contributed by atoms with Gasteiger partial charge in [0.15, 0.2) is 0 Å². The predicted molar refractivity (Wildman–Crippen MR) is 36.8 cm³/mol. The number of halogens is 3. The molecule has 0 N–H and O–H groups in total. The third kappa shape index (κ3) is 1.30. The van der Waals surface area contributed by atoms with Crippen LogP contribution in [-0.4, -0.2) is 16.3 Å². The second-order valence-corrected chi connectivity index (χ2v) is 3.86. The molecule has 0 aromatic carbocycles. The highest BCUT2D eigenvalue weighted by Crippen LogP contribution is 2.30. The van der Waals surface area contributed by atoms with Gasteiger partial charge in [0.2, 0.25) is 0 Å². The minimum absolute atomic E-state index is 0.220. The van der Waals surface area contributed by atoms with E-state index >= 15 is 0 Å². The zero-order chi connectivity index (χ0) is 6.15. The van der Waals surface area contributed by atoms with Gasteiger partial charge < -0.3 is 0 Å². The smallest absolute Gasteiger partial charge is 0.132 e. The molecular formula is C5H7F2I. The molecule has 1 rings (SSSR count). The summed E-state index contributed by atoms with van der Waals surface area (Å²) < 4.78 is 24.6. The summed E-state index contributed by atoms with van der Waals surface area (Å²) in [5.74, 6) is 0. The monoisotopic (exact) mass is 232 g/mol. The molecule has 8 heavy (non-hydrogen) atoms. The first-order valence-corrected chi connectivity index (χ1v) is 3.87. The van der Waals surface area contributed by atoms with Gasteiger partial charge in [0.05, 0.1) is 0 Å². The highest BCUT2D eigenvalue weighted by Gasteiger charge is 2.32. The molecule has 0 aliphatic heterocycles. The lowest BCUT2D eigenvalue weighted by atomic mass is 10.3. The van der Waals surface area contributed by atoms with E-state index in [0.717, 1.165) is 0 Å². The van der Waals surface area contributed by atoms with Gasteiger partial charge in [-0.25, -0.2) is 8.78 Å². The lowest BCUT2D eigenvalue weighted by Gasteiger charge is -1.96. The van der Waals surface area contributed by atoms with Crippen molar-refractivity contribution in [3.8, 4) is 0 Å². The van der Waals surface area contributed by atoms with Crippen molar-refractivity contribution in [1.82, 2.24) is 0 Å². The molecule has 1 fully saturated rings. The maximum absolute atomic E-state index is 12.2. The van der Waals surface area contributed by atoms with E-state index in [1.54, 1.807) is 0 Å². The fourth-order valence-electron chi connectivity index (χ4n) is 0.880. The Morgan fingerprint density at radius 2 is 1.50 bits per heavy atom. The van der Waals surface area contributed by atoms with E-state index in [-0.39, 0.29) is 3.92 Å². The standard InChI is InChI=1S/C5H7F2I/c6-4-1-3(8)2-5(4)7/h3-5H,1-2H2/t3?,4-,5+. The van der Waals surface area contributed by atoms with E-state index < -0.39 is 12.3 Å². The maximum atomic E-state index is 12.2. The van der Waals surface area contributed by atoms with Gasteiger partial charge in [0, 0.05) is 3.92 Å². The van der Waals surface area contributed by atoms with Crippen LogP contribution in [0.4, 0.5) is 8.78 Å². The van der Waals surface area contributed by atoms with Gasteiger partial charge in [0.25, 0.3) is 0 Å². The third-order valence-corrected chi connectivity index (χ3v) is 2.37. The Kier molecular flexibility index (Phi) is 2.06. The lowest BCUT2D eigenvalue weighted by molar-refractivity contribution is 0.199. The Balaban J connectivity index is 2.39. The first-order valence-electron chi connectivity index (χ1n) is 2.62. The van der Waals surface area contributed by atoms with Crippen LogP contribution in [0.15, 0.2) is 0 Å². The van der Waals surface area contributed by atoms with E-state index in [0.29, 0.717) is 12.8 Å². The van der Waals surface area contributed by atoms with Gasteiger partial charge in [-0.05, 0) is 12.8 Å². The summed E-state index contributed by atoms with van der Waals surface area (Å²) in [4.78, 5) is 0. The van der Waals surface area contributed by atoms with Crippen LogP contribution in [0.25, 0.3) is 0 Å². The summed E-state index contributed by atoms with van der Waals surface area (Å²) in [5.41, 5.74) is 0. The second kappa shape index (κ2) is 2.45. The molecule has 0 radical (unpaired) electrons. The van der Waals surface area contributed by atoms with Crippen molar-refractivity contribution in [3.63, 3.8) is 0 Å². The zero-order valence-electron chi connectivity index (χ0n) is 4.28. The summed E-state index contributed by atoms with van der Waals surface area (Å²) in [6, 6.07) is 0. The molecule has 1 aliphatic rings. The van der Waals surface area contributed by atoms with Crippen LogP contribution >= 0.6 is 22.6 Å². The van der Waals surface area contributed by atoms with Crippen molar-refractivity contribution in [2.24, 2.45) is 0 Å². The molecule has 0 saturated heterocycles. The Labute approximate surface area is 60.8 Å². The zero-order valence-corrected chi connectivity index (χ0v) is 6.44. The van der Waals surface area contributed by atoms with Gasteiger partial charge in [0.1, 0.15) is 12.3 Å². The van der Waals surface area contributed by atoms with Gasteiger partial charge in [-0.15, -0.1) is 0 Å². The topological polar surface area (TPSA) is 0 Å². The normalized spacial score (nSPS) is 47.6. The quantitative estimate of drug-likeness (QED) is 0.444. The van der Waals surface area contributed by atoms with Crippen LogP contribution in [0.5, 0.6) is 0 Å². The highest BCUT2D eigenvalue weighted by molar-refractivity contribution is 14.1. The van der Waals surface area contributed by atoms with Gasteiger partial charge in [-0.1, -0.05) is 22.6 Å². The van der Waals surface area contributed by atoms with Gasteiger partial charge in [-0.2, -0.15) is 0 Å². The fraction of sp³-hybridized carbons (Fsp3) is 1.00. The first-order chi connectivity index (χ1) is 3.70. The third-order valence-electron chi connectivity index (χ3n) is 1.35. The van der Waals surface area contributed by atoms with Crippen molar-refractivity contribution in [2.75, 3.05) is 0 Å². The Bertz CT molecular complexity index is 76.5. The lowest BCUT2D eigenvalue weighted by Crippen LogP contribution is -2.06. The molecule has 1 aliphatic carbocycles. The molecule has 0 amide bonds. The van der Waals surface area contributed by atoms with Crippen molar-refractivity contribution >= 4 is 22.6 Å². The van der Waals surface area contributed by atoms with E-state index in [1.807, 2.05) is 0 Å². The SMILES string of the molecule is F[C@@H]1CC(I)C[C@@H]1F. The van der Waals surface area contributed by atoms with E-state index in [2.05, 4.69) is 22.6 Å². The minimum atomic E-state index is -1.18. The Morgan fingerprint density at radius 1 is 1.12 bits per heavy atom. The van der Waals surface area contributed by atoms with E-state index in [4.69, 9.17) is 0 Å². The molecule has 3 atom stereocenters. The summed E-state index contributed by atoms with van der Waals surface area (Å²) in [6.45, 7) is 0. The average molecular weight is 232 g/mol. The molecule has 0 spiro atoms. The van der Waals surface area contributed by atoms with Gasteiger partial charge >= 0.3 is 0 Å². The van der Waals surface area contributed by atoms with Gasteiger partial charge in [-0.3, -0.25) is 0 Å². The van der Waals surface area contributed by atoms with Crippen LogP contribution < -0.4 is 0 Å². The predicted octanol–water partition coefficient (Wildman–Crippen LogP) is 2.26. The largest absolute Gasteiger partial charge is 0.244 e. The molecular weight excluding hydrogens is 225 g/mol. The summed E-state index contributed by atoms with van der Waals surface area (Å²) in [5, 5.41) is 0. The molecule has 48 valence electrons. The van der Waals surface area contributed by atoms with Crippen LogP contribution in [0.1, 0.15) is 12.8 Å². The molecule has 1 unspecified atom stereocenters. The molecule has 0 aromatic rings. The molecule has 3 heteroatoms. The molecule has 0 nitrogen and oxygen atoms in total. The molecule has 1 saturated carbocycles. The summed E-state index contributed by atoms with van der Waals surface area (Å²) in [7, 11) is 0. The molecule has 0 bridgehead atoms. The number of alkyl halides is 3. The van der Waals surface area contributed by atoms with Crippen molar-refractivity contribution in [2.45, 2.75) is 29.1 Å². The second-order valence-electron chi connectivity index (χ2n) is 2.10. The molecule has 0 heterocycles. The van der Waals surface area contributed by atoms with Crippen molar-refractivity contribution < 1.29 is 8.78 Å². The average Bonchev–Trinajstić information content (AvgIpc) is 1.85. The molecule has 0 aromatic heterocycles. The van der Waals surface area contributed by atoms with E-state index in [9.17, 15) is 8.78 Å². The summed E-state index contributed by atoms with van der Waals surface area (Å²) >= 11 is 2.08. The Morgan fingerprint density at radius 3 is 1.62 bits per heavy atom. The van der Waals surface area contributed by atoms with Crippen LogP contribution in [0.2, 0.25) is 0 Å².